The highest BCUT2D eigenvalue weighted by molar-refractivity contribution is 5.93. The zero-order chi connectivity index (χ0) is 14.8. The van der Waals surface area contributed by atoms with Crippen LogP contribution in [0.2, 0.25) is 0 Å². The van der Waals surface area contributed by atoms with Gasteiger partial charge in [0.2, 0.25) is 0 Å². The summed E-state index contributed by atoms with van der Waals surface area (Å²) in [4.78, 5) is 0. The highest BCUT2D eigenvalue weighted by Crippen LogP contribution is 2.24. The molecule has 0 saturated heterocycles. The lowest BCUT2D eigenvalue weighted by Crippen LogP contribution is -2.03. The van der Waals surface area contributed by atoms with Crippen LogP contribution in [0.25, 0.3) is 10.8 Å². The first-order valence-corrected chi connectivity index (χ1v) is 7.58. The fourth-order valence-corrected chi connectivity index (χ4v) is 3.11. The van der Waals surface area contributed by atoms with Crippen molar-refractivity contribution >= 4 is 16.5 Å². The Hall–Kier alpha value is -2.22. The highest BCUT2D eigenvalue weighted by atomic mass is 15.0. The second kappa shape index (κ2) is 5.65. The summed E-state index contributed by atoms with van der Waals surface area (Å²) in [6, 6.07) is 17.2. The van der Waals surface area contributed by atoms with Crippen molar-refractivity contribution in [1.29, 1.82) is 0 Å². The summed E-state index contributed by atoms with van der Waals surface area (Å²) in [5.74, 6) is 0. The maximum absolute atomic E-state index is 3.60. The minimum Gasteiger partial charge on any atom is -0.380 e. The van der Waals surface area contributed by atoms with Gasteiger partial charge in [0.25, 0.3) is 0 Å². The zero-order valence-electron chi connectivity index (χ0n) is 13.0. The van der Waals surface area contributed by atoms with Gasteiger partial charge in [-0.05, 0) is 43.9 Å². The Morgan fingerprint density at radius 3 is 2.52 bits per heavy atom. The van der Waals surface area contributed by atoms with Gasteiger partial charge in [-0.15, -0.1) is 0 Å². The van der Waals surface area contributed by atoms with E-state index in [2.05, 4.69) is 79.2 Å². The molecular weight excluding hydrogens is 256 g/mol. The zero-order valence-corrected chi connectivity index (χ0v) is 13.0. The number of hydrogen-bond acceptors (Lipinski definition) is 1. The van der Waals surface area contributed by atoms with E-state index in [1.54, 1.807) is 0 Å². The van der Waals surface area contributed by atoms with Crippen LogP contribution >= 0.6 is 0 Å². The number of aromatic nitrogens is 1. The van der Waals surface area contributed by atoms with Gasteiger partial charge in [-0.1, -0.05) is 36.4 Å². The predicted molar refractivity (Wildman–Crippen MR) is 90.9 cm³/mol. The molecule has 3 rings (SSSR count). The van der Waals surface area contributed by atoms with E-state index in [0.717, 1.165) is 13.1 Å². The van der Waals surface area contributed by atoms with Crippen molar-refractivity contribution in [1.82, 2.24) is 4.57 Å². The van der Waals surface area contributed by atoms with Gasteiger partial charge in [0.15, 0.2) is 0 Å². The van der Waals surface area contributed by atoms with Crippen LogP contribution < -0.4 is 5.32 Å². The number of benzene rings is 2. The van der Waals surface area contributed by atoms with Crippen LogP contribution in [0.5, 0.6) is 0 Å². The fraction of sp³-hybridized carbons (Fsp3) is 0.263. The van der Waals surface area contributed by atoms with Gasteiger partial charge in [0.05, 0.1) is 0 Å². The Labute approximate surface area is 126 Å². The third kappa shape index (κ3) is 2.54. The molecule has 1 aromatic heterocycles. The van der Waals surface area contributed by atoms with Gasteiger partial charge in [0.1, 0.15) is 0 Å². The molecule has 0 unspecified atom stereocenters. The molecule has 2 nitrogen and oxygen atoms in total. The number of aryl methyl sites for hydroxylation is 1. The normalized spacial score (nSPS) is 11.0. The molecule has 1 N–H and O–H groups in total. The van der Waals surface area contributed by atoms with Gasteiger partial charge < -0.3 is 9.88 Å². The predicted octanol–water partition coefficient (Wildman–Crippen LogP) is 4.89. The van der Waals surface area contributed by atoms with Crippen molar-refractivity contribution in [2.24, 2.45) is 0 Å². The van der Waals surface area contributed by atoms with E-state index in [0.29, 0.717) is 0 Å². The van der Waals surface area contributed by atoms with Crippen molar-refractivity contribution < 1.29 is 0 Å². The Morgan fingerprint density at radius 1 is 1.00 bits per heavy atom. The molecule has 0 spiro atoms. The average molecular weight is 278 g/mol. The van der Waals surface area contributed by atoms with Crippen molar-refractivity contribution in [2.75, 3.05) is 5.32 Å². The lowest BCUT2D eigenvalue weighted by atomic mass is 10.1. The fourth-order valence-electron chi connectivity index (χ4n) is 3.11. The largest absolute Gasteiger partial charge is 0.380 e. The monoisotopic (exact) mass is 278 g/mol. The molecule has 0 fully saturated rings. The highest BCUT2D eigenvalue weighted by Gasteiger charge is 2.08. The molecule has 0 aliphatic heterocycles. The van der Waals surface area contributed by atoms with E-state index < -0.39 is 0 Å². The van der Waals surface area contributed by atoms with Crippen molar-refractivity contribution in [3.05, 3.63) is 65.5 Å². The minimum atomic E-state index is 0.869. The minimum absolute atomic E-state index is 0.869. The summed E-state index contributed by atoms with van der Waals surface area (Å²) in [5, 5.41) is 6.16. The number of nitrogens with zero attached hydrogens (tertiary/aromatic N) is 1. The van der Waals surface area contributed by atoms with E-state index in [1.807, 2.05) is 0 Å². The summed E-state index contributed by atoms with van der Waals surface area (Å²) in [7, 11) is 0. The van der Waals surface area contributed by atoms with Crippen LogP contribution in [0.4, 0.5) is 5.69 Å². The van der Waals surface area contributed by atoms with Gasteiger partial charge in [-0.2, -0.15) is 0 Å². The standard InChI is InChI=1S/C19H22N2/c1-4-21-14(2)12-17(15(21)3)13-20-19-11-7-9-16-8-5-6-10-18(16)19/h5-12,20H,4,13H2,1-3H3. The maximum atomic E-state index is 3.60. The molecule has 1 heterocycles. The first kappa shape index (κ1) is 13.7. The van der Waals surface area contributed by atoms with E-state index in [9.17, 15) is 0 Å². The molecule has 21 heavy (non-hydrogen) atoms. The molecule has 0 aliphatic rings. The molecule has 0 radical (unpaired) electrons. The molecular formula is C19H22N2. The lowest BCUT2D eigenvalue weighted by molar-refractivity contribution is 0.715. The second-order valence-corrected chi connectivity index (χ2v) is 5.52. The quantitative estimate of drug-likeness (QED) is 0.719. The number of anilines is 1. The molecule has 2 heteroatoms. The van der Waals surface area contributed by atoms with Gasteiger partial charge >= 0.3 is 0 Å². The maximum Gasteiger partial charge on any atom is 0.0422 e. The number of fused-ring (bicyclic) bond motifs is 1. The third-order valence-electron chi connectivity index (χ3n) is 4.25. The van der Waals surface area contributed by atoms with Crippen LogP contribution in [0, 0.1) is 13.8 Å². The van der Waals surface area contributed by atoms with Crippen LogP contribution in [0.1, 0.15) is 23.9 Å². The van der Waals surface area contributed by atoms with Gasteiger partial charge in [-0.3, -0.25) is 0 Å². The van der Waals surface area contributed by atoms with E-state index in [4.69, 9.17) is 0 Å². The molecule has 3 aromatic rings. The van der Waals surface area contributed by atoms with Crippen molar-refractivity contribution in [3.63, 3.8) is 0 Å². The third-order valence-corrected chi connectivity index (χ3v) is 4.25. The summed E-state index contributed by atoms with van der Waals surface area (Å²) >= 11 is 0. The van der Waals surface area contributed by atoms with Crippen LogP contribution in [0.15, 0.2) is 48.5 Å². The van der Waals surface area contributed by atoms with Crippen LogP contribution in [-0.2, 0) is 13.1 Å². The summed E-state index contributed by atoms with van der Waals surface area (Å²) in [6.45, 7) is 8.48. The van der Waals surface area contributed by atoms with Crippen LogP contribution in [0.3, 0.4) is 0 Å². The van der Waals surface area contributed by atoms with E-state index >= 15 is 0 Å². The SMILES string of the molecule is CCn1c(C)cc(CNc2cccc3ccccc23)c1C. The molecule has 0 bridgehead atoms. The Balaban J connectivity index is 1.87. The second-order valence-electron chi connectivity index (χ2n) is 5.52. The molecule has 2 aromatic carbocycles. The van der Waals surface area contributed by atoms with Gasteiger partial charge in [-0.25, -0.2) is 0 Å². The smallest absolute Gasteiger partial charge is 0.0422 e. The molecule has 0 atom stereocenters. The summed E-state index contributed by atoms with van der Waals surface area (Å²) in [5.41, 5.74) is 5.28. The molecule has 0 aliphatic carbocycles. The molecule has 108 valence electrons. The van der Waals surface area contributed by atoms with Crippen LogP contribution in [-0.4, -0.2) is 4.57 Å². The number of nitrogens with one attached hydrogen (secondary N) is 1. The molecule has 0 saturated carbocycles. The summed E-state index contributed by atoms with van der Waals surface area (Å²) < 4.78 is 2.36. The topological polar surface area (TPSA) is 17.0 Å². The Morgan fingerprint density at radius 2 is 1.76 bits per heavy atom. The number of rotatable bonds is 4. The average Bonchev–Trinajstić information content (AvgIpc) is 2.78. The van der Waals surface area contributed by atoms with E-state index in [1.165, 1.54) is 33.4 Å². The first-order valence-electron chi connectivity index (χ1n) is 7.58. The van der Waals surface area contributed by atoms with Gasteiger partial charge in [0, 0.05) is 35.6 Å². The summed E-state index contributed by atoms with van der Waals surface area (Å²) in [6.07, 6.45) is 0. The van der Waals surface area contributed by atoms with Crippen molar-refractivity contribution in [3.8, 4) is 0 Å². The Bertz CT molecular complexity index is 763. The Kier molecular flexibility index (Phi) is 3.70. The first-order chi connectivity index (χ1) is 10.2. The number of hydrogen-bond donors (Lipinski definition) is 1. The van der Waals surface area contributed by atoms with Crippen molar-refractivity contribution in [2.45, 2.75) is 33.9 Å². The lowest BCUT2D eigenvalue weighted by Gasteiger charge is -2.10. The van der Waals surface area contributed by atoms with E-state index in [-0.39, 0.29) is 0 Å². The molecule has 0 amide bonds.